The summed E-state index contributed by atoms with van der Waals surface area (Å²) in [6.07, 6.45) is 0.776. The molecule has 1 aliphatic heterocycles. The minimum atomic E-state index is -0.447. The van der Waals surface area contributed by atoms with Crippen LogP contribution in [0.15, 0.2) is 24.3 Å². The zero-order valence-electron chi connectivity index (χ0n) is 12.8. The van der Waals surface area contributed by atoms with E-state index in [0.717, 1.165) is 13.0 Å². The first kappa shape index (κ1) is 14.7. The second kappa shape index (κ2) is 5.73. The summed E-state index contributed by atoms with van der Waals surface area (Å²) in [4.78, 5) is 13.7. The lowest BCUT2D eigenvalue weighted by Gasteiger charge is -2.31. The molecule has 1 heterocycles. The molecule has 1 aromatic carbocycles. The number of para-hydroxylation sites is 1. The summed E-state index contributed by atoms with van der Waals surface area (Å²) in [6, 6.07) is 8.31. The Balaban J connectivity index is 2.02. The molecule has 1 unspecified atom stereocenters. The van der Waals surface area contributed by atoms with Gasteiger partial charge in [-0.1, -0.05) is 18.2 Å². The van der Waals surface area contributed by atoms with Crippen LogP contribution in [0.5, 0.6) is 0 Å². The van der Waals surface area contributed by atoms with Crippen LogP contribution in [0, 0.1) is 0 Å². The maximum absolute atomic E-state index is 12.0. The average molecular weight is 276 g/mol. The Morgan fingerprint density at radius 1 is 1.40 bits per heavy atom. The molecule has 1 aromatic rings. The van der Waals surface area contributed by atoms with Gasteiger partial charge in [0.15, 0.2) is 0 Å². The minimum Gasteiger partial charge on any atom is -0.444 e. The SMILES string of the molecule is CN(CC1CCNc2ccccc21)C(=O)OC(C)(C)C. The van der Waals surface area contributed by atoms with E-state index in [-0.39, 0.29) is 6.09 Å². The third kappa shape index (κ3) is 3.65. The number of nitrogens with one attached hydrogen (secondary N) is 1. The Morgan fingerprint density at radius 2 is 2.10 bits per heavy atom. The second-order valence-corrected chi connectivity index (χ2v) is 6.36. The number of anilines is 1. The molecule has 0 fully saturated rings. The zero-order valence-corrected chi connectivity index (χ0v) is 12.8. The summed E-state index contributed by atoms with van der Waals surface area (Å²) in [5.74, 6) is 0.366. The van der Waals surface area contributed by atoms with Crippen LogP contribution >= 0.6 is 0 Å². The highest BCUT2D eigenvalue weighted by Gasteiger charge is 2.25. The van der Waals surface area contributed by atoms with Crippen molar-refractivity contribution in [1.29, 1.82) is 0 Å². The molecular weight excluding hydrogens is 252 g/mol. The van der Waals surface area contributed by atoms with Crippen LogP contribution < -0.4 is 5.32 Å². The van der Waals surface area contributed by atoms with E-state index < -0.39 is 5.60 Å². The molecule has 0 saturated carbocycles. The molecule has 0 spiro atoms. The number of likely N-dealkylation sites (N-methyl/N-ethyl adjacent to an activating group) is 1. The first-order valence-corrected chi connectivity index (χ1v) is 7.14. The van der Waals surface area contributed by atoms with Gasteiger partial charge in [0, 0.05) is 31.7 Å². The molecular formula is C16H24N2O2. The molecule has 1 N–H and O–H groups in total. The Morgan fingerprint density at radius 3 is 2.80 bits per heavy atom. The van der Waals surface area contributed by atoms with Gasteiger partial charge in [0.25, 0.3) is 0 Å². The topological polar surface area (TPSA) is 41.6 Å². The second-order valence-electron chi connectivity index (χ2n) is 6.36. The van der Waals surface area contributed by atoms with Crippen molar-refractivity contribution in [2.45, 2.75) is 38.7 Å². The number of ether oxygens (including phenoxy) is 1. The van der Waals surface area contributed by atoms with E-state index in [4.69, 9.17) is 4.74 Å². The van der Waals surface area contributed by atoms with Gasteiger partial charge in [0.2, 0.25) is 0 Å². The Kier molecular flexibility index (Phi) is 4.21. The average Bonchev–Trinajstić information content (AvgIpc) is 2.37. The fraction of sp³-hybridized carbons (Fsp3) is 0.562. The number of fused-ring (bicyclic) bond motifs is 1. The monoisotopic (exact) mass is 276 g/mol. The van der Waals surface area contributed by atoms with Gasteiger partial charge in [-0.2, -0.15) is 0 Å². The van der Waals surface area contributed by atoms with Gasteiger partial charge in [-0.3, -0.25) is 0 Å². The molecule has 4 heteroatoms. The molecule has 1 aliphatic rings. The highest BCUT2D eigenvalue weighted by atomic mass is 16.6. The fourth-order valence-corrected chi connectivity index (χ4v) is 2.49. The molecule has 0 radical (unpaired) electrons. The van der Waals surface area contributed by atoms with Crippen molar-refractivity contribution in [3.8, 4) is 0 Å². The van der Waals surface area contributed by atoms with Crippen LogP contribution in [0.25, 0.3) is 0 Å². The normalized spacial score (nSPS) is 17.9. The molecule has 2 rings (SSSR count). The summed E-state index contributed by atoms with van der Waals surface area (Å²) < 4.78 is 5.40. The predicted molar refractivity (Wildman–Crippen MR) is 81.2 cm³/mol. The van der Waals surface area contributed by atoms with E-state index in [9.17, 15) is 4.79 Å². The molecule has 1 amide bonds. The highest BCUT2D eigenvalue weighted by Crippen LogP contribution is 2.31. The first-order chi connectivity index (χ1) is 9.37. The van der Waals surface area contributed by atoms with Crippen molar-refractivity contribution < 1.29 is 9.53 Å². The molecule has 4 nitrogen and oxygen atoms in total. The number of rotatable bonds is 2. The van der Waals surface area contributed by atoms with Crippen LogP contribution in [0.1, 0.15) is 38.7 Å². The van der Waals surface area contributed by atoms with Gasteiger partial charge >= 0.3 is 6.09 Å². The molecule has 110 valence electrons. The summed E-state index contributed by atoms with van der Waals surface area (Å²) in [6.45, 7) is 7.30. The molecule has 0 aromatic heterocycles. The lowest BCUT2D eigenvalue weighted by atomic mass is 9.91. The Labute approximate surface area is 121 Å². The maximum Gasteiger partial charge on any atom is 0.410 e. The predicted octanol–water partition coefficient (Wildman–Crippen LogP) is 3.45. The van der Waals surface area contributed by atoms with Crippen molar-refractivity contribution >= 4 is 11.8 Å². The number of carbonyl (C=O) groups is 1. The Hall–Kier alpha value is -1.71. The van der Waals surface area contributed by atoms with Crippen molar-refractivity contribution in [3.63, 3.8) is 0 Å². The lowest BCUT2D eigenvalue weighted by Crippen LogP contribution is -2.37. The first-order valence-electron chi connectivity index (χ1n) is 7.14. The maximum atomic E-state index is 12.0. The number of hydrogen-bond donors (Lipinski definition) is 1. The van der Waals surface area contributed by atoms with E-state index in [0.29, 0.717) is 12.5 Å². The van der Waals surface area contributed by atoms with Crippen LogP contribution in [0.3, 0.4) is 0 Å². The van der Waals surface area contributed by atoms with Gasteiger partial charge in [-0.15, -0.1) is 0 Å². The van der Waals surface area contributed by atoms with Crippen LogP contribution in [-0.2, 0) is 4.74 Å². The third-order valence-electron chi connectivity index (χ3n) is 3.41. The van der Waals surface area contributed by atoms with Gasteiger partial charge in [-0.25, -0.2) is 4.79 Å². The van der Waals surface area contributed by atoms with Crippen LogP contribution in [0.2, 0.25) is 0 Å². The molecule has 0 aliphatic carbocycles. The fourth-order valence-electron chi connectivity index (χ4n) is 2.49. The van der Waals surface area contributed by atoms with Crippen molar-refractivity contribution in [1.82, 2.24) is 4.90 Å². The number of hydrogen-bond acceptors (Lipinski definition) is 3. The van der Waals surface area contributed by atoms with Crippen LogP contribution in [-0.4, -0.2) is 36.7 Å². The largest absolute Gasteiger partial charge is 0.444 e. The minimum absolute atomic E-state index is 0.256. The number of nitrogens with zero attached hydrogens (tertiary/aromatic N) is 1. The van der Waals surface area contributed by atoms with Gasteiger partial charge < -0.3 is 15.0 Å². The summed E-state index contributed by atoms with van der Waals surface area (Å²) in [5.41, 5.74) is 2.02. The number of amides is 1. The van der Waals surface area contributed by atoms with E-state index in [1.165, 1.54) is 11.3 Å². The molecule has 0 saturated heterocycles. The summed E-state index contributed by atoms with van der Waals surface area (Å²) in [5, 5.41) is 3.40. The molecule has 20 heavy (non-hydrogen) atoms. The van der Waals surface area contributed by atoms with Crippen molar-refractivity contribution in [2.24, 2.45) is 0 Å². The molecule has 1 atom stereocenters. The quantitative estimate of drug-likeness (QED) is 0.899. The third-order valence-corrected chi connectivity index (χ3v) is 3.41. The number of carbonyl (C=O) groups excluding carboxylic acids is 1. The van der Waals surface area contributed by atoms with E-state index in [1.807, 2.05) is 32.9 Å². The highest BCUT2D eigenvalue weighted by molar-refractivity contribution is 5.68. The summed E-state index contributed by atoms with van der Waals surface area (Å²) >= 11 is 0. The van der Waals surface area contributed by atoms with E-state index in [2.05, 4.69) is 17.4 Å². The standard InChI is InChI=1S/C16H24N2O2/c1-16(2,3)20-15(19)18(4)11-12-9-10-17-14-8-6-5-7-13(12)14/h5-8,12,17H,9-11H2,1-4H3. The van der Waals surface area contributed by atoms with Crippen molar-refractivity contribution in [3.05, 3.63) is 29.8 Å². The van der Waals surface area contributed by atoms with Gasteiger partial charge in [0.05, 0.1) is 0 Å². The Bertz CT molecular complexity index is 480. The summed E-state index contributed by atoms with van der Waals surface area (Å²) in [7, 11) is 1.80. The smallest absolute Gasteiger partial charge is 0.410 e. The van der Waals surface area contributed by atoms with E-state index in [1.54, 1.807) is 11.9 Å². The van der Waals surface area contributed by atoms with E-state index >= 15 is 0 Å². The van der Waals surface area contributed by atoms with Crippen molar-refractivity contribution in [2.75, 3.05) is 25.5 Å². The van der Waals surface area contributed by atoms with Gasteiger partial charge in [-0.05, 0) is 38.8 Å². The van der Waals surface area contributed by atoms with Crippen LogP contribution in [0.4, 0.5) is 10.5 Å². The van der Waals surface area contributed by atoms with Gasteiger partial charge in [0.1, 0.15) is 5.60 Å². The molecule has 0 bridgehead atoms. The number of benzene rings is 1. The zero-order chi connectivity index (χ0) is 14.8. The lowest BCUT2D eigenvalue weighted by molar-refractivity contribution is 0.0287.